The van der Waals surface area contributed by atoms with E-state index in [1.54, 1.807) is 0 Å². The Kier molecular flexibility index (Phi) is 2.90. The molecule has 0 aliphatic heterocycles. The maximum absolute atomic E-state index is 13.3. The third-order valence-electron chi connectivity index (χ3n) is 2.96. The smallest absolute Gasteiger partial charge is 0.238 e. The minimum atomic E-state index is -1.10. The van der Waals surface area contributed by atoms with E-state index in [1.165, 1.54) is 0 Å². The van der Waals surface area contributed by atoms with Crippen LogP contribution in [-0.2, 0) is 4.79 Å². The van der Waals surface area contributed by atoms with Gasteiger partial charge in [0.25, 0.3) is 0 Å². The molecular formula is C11H11F2N3O2. The average molecular weight is 255 g/mol. The molecule has 1 aliphatic carbocycles. The number of halogens is 2. The molecule has 1 aromatic carbocycles. The van der Waals surface area contributed by atoms with Gasteiger partial charge in [-0.1, -0.05) is 5.16 Å². The van der Waals surface area contributed by atoms with Crippen LogP contribution in [0.4, 0.5) is 14.5 Å². The van der Waals surface area contributed by atoms with Crippen molar-refractivity contribution in [2.45, 2.75) is 12.8 Å². The lowest BCUT2D eigenvalue weighted by molar-refractivity contribution is -0.119. The number of hydrogen-bond donors (Lipinski definition) is 3. The van der Waals surface area contributed by atoms with Crippen LogP contribution in [0.5, 0.6) is 0 Å². The molecule has 5 nitrogen and oxygen atoms in total. The van der Waals surface area contributed by atoms with Crippen molar-refractivity contribution in [3.05, 3.63) is 29.8 Å². The molecule has 2 rings (SSSR count). The molecule has 0 unspecified atom stereocenters. The molecule has 1 saturated carbocycles. The van der Waals surface area contributed by atoms with Crippen molar-refractivity contribution in [3.63, 3.8) is 0 Å². The van der Waals surface area contributed by atoms with Crippen molar-refractivity contribution in [2.75, 3.05) is 5.32 Å². The fraction of sp³-hybridized carbons (Fsp3) is 0.273. The highest BCUT2D eigenvalue weighted by Crippen LogP contribution is 2.46. The number of anilines is 1. The Balaban J connectivity index is 2.20. The van der Waals surface area contributed by atoms with E-state index in [-0.39, 0.29) is 11.5 Å². The largest absolute Gasteiger partial charge is 0.409 e. The molecule has 1 amide bonds. The van der Waals surface area contributed by atoms with Gasteiger partial charge < -0.3 is 16.3 Å². The van der Waals surface area contributed by atoms with Gasteiger partial charge in [-0.2, -0.15) is 0 Å². The van der Waals surface area contributed by atoms with Crippen LogP contribution in [0.15, 0.2) is 23.4 Å². The first-order chi connectivity index (χ1) is 8.49. The molecule has 18 heavy (non-hydrogen) atoms. The van der Waals surface area contributed by atoms with Gasteiger partial charge in [-0.05, 0) is 25.0 Å². The SMILES string of the molecule is N/C(=N/O)C1(C(=O)Nc2cc(F)ccc2F)CC1. The lowest BCUT2D eigenvalue weighted by Crippen LogP contribution is -2.36. The molecule has 0 atom stereocenters. The highest BCUT2D eigenvalue weighted by atomic mass is 19.1. The molecule has 1 fully saturated rings. The number of hydrogen-bond acceptors (Lipinski definition) is 3. The molecule has 0 heterocycles. The summed E-state index contributed by atoms with van der Waals surface area (Å²) in [6.45, 7) is 0. The van der Waals surface area contributed by atoms with E-state index in [4.69, 9.17) is 10.9 Å². The van der Waals surface area contributed by atoms with Crippen LogP contribution in [0.3, 0.4) is 0 Å². The van der Waals surface area contributed by atoms with Crippen molar-refractivity contribution >= 4 is 17.4 Å². The van der Waals surface area contributed by atoms with Gasteiger partial charge in [0.1, 0.15) is 17.0 Å². The minimum absolute atomic E-state index is 0.225. The number of carbonyl (C=O) groups is 1. The molecule has 7 heteroatoms. The number of rotatable bonds is 3. The first kappa shape index (κ1) is 12.3. The number of nitrogens with one attached hydrogen (secondary N) is 1. The summed E-state index contributed by atoms with van der Waals surface area (Å²) in [6, 6.07) is 2.73. The van der Waals surface area contributed by atoms with E-state index < -0.39 is 23.0 Å². The second-order valence-corrected chi connectivity index (χ2v) is 4.15. The fourth-order valence-electron chi connectivity index (χ4n) is 1.66. The maximum atomic E-state index is 13.3. The highest BCUT2D eigenvalue weighted by Gasteiger charge is 2.54. The van der Waals surface area contributed by atoms with Crippen molar-refractivity contribution < 1.29 is 18.8 Å². The molecular weight excluding hydrogens is 244 g/mol. The fourth-order valence-corrected chi connectivity index (χ4v) is 1.66. The molecule has 4 N–H and O–H groups in total. The van der Waals surface area contributed by atoms with Crippen molar-refractivity contribution in [1.29, 1.82) is 0 Å². The van der Waals surface area contributed by atoms with E-state index in [0.29, 0.717) is 12.8 Å². The normalized spacial score (nSPS) is 17.3. The zero-order valence-corrected chi connectivity index (χ0v) is 9.28. The molecule has 0 saturated heterocycles. The van der Waals surface area contributed by atoms with Gasteiger partial charge in [-0.3, -0.25) is 4.79 Å². The zero-order chi connectivity index (χ0) is 13.3. The Morgan fingerprint density at radius 3 is 2.67 bits per heavy atom. The third kappa shape index (κ3) is 1.99. The van der Waals surface area contributed by atoms with Gasteiger partial charge in [0.05, 0.1) is 5.69 Å². The van der Waals surface area contributed by atoms with Crippen LogP contribution >= 0.6 is 0 Å². The Morgan fingerprint density at radius 1 is 1.44 bits per heavy atom. The predicted octanol–water partition coefficient (Wildman–Crippen LogP) is 1.43. The molecule has 1 aromatic rings. The highest BCUT2D eigenvalue weighted by molar-refractivity contribution is 6.14. The van der Waals surface area contributed by atoms with Crippen LogP contribution in [0.1, 0.15) is 12.8 Å². The molecule has 0 spiro atoms. The first-order valence-corrected chi connectivity index (χ1v) is 5.24. The Bertz CT molecular complexity index is 527. The summed E-state index contributed by atoms with van der Waals surface area (Å²) in [7, 11) is 0. The Hall–Kier alpha value is -2.18. The van der Waals surface area contributed by atoms with E-state index in [1.807, 2.05) is 0 Å². The lowest BCUT2D eigenvalue weighted by Gasteiger charge is -2.14. The van der Waals surface area contributed by atoms with Crippen LogP contribution in [0.25, 0.3) is 0 Å². The van der Waals surface area contributed by atoms with Crippen LogP contribution < -0.4 is 11.1 Å². The lowest BCUT2D eigenvalue weighted by atomic mass is 10.1. The average Bonchev–Trinajstić information content (AvgIpc) is 3.14. The second-order valence-electron chi connectivity index (χ2n) is 4.15. The van der Waals surface area contributed by atoms with Gasteiger partial charge in [-0.25, -0.2) is 8.78 Å². The van der Waals surface area contributed by atoms with Gasteiger partial charge in [0.15, 0.2) is 5.84 Å². The van der Waals surface area contributed by atoms with E-state index in [2.05, 4.69) is 10.5 Å². The number of oxime groups is 1. The maximum Gasteiger partial charge on any atom is 0.238 e. The number of carbonyl (C=O) groups excluding carboxylic acids is 1. The van der Waals surface area contributed by atoms with Crippen LogP contribution in [0.2, 0.25) is 0 Å². The van der Waals surface area contributed by atoms with E-state index in [9.17, 15) is 13.6 Å². The summed E-state index contributed by atoms with van der Waals surface area (Å²) in [5, 5.41) is 13.6. The Labute approximate surface area is 101 Å². The summed E-state index contributed by atoms with van der Waals surface area (Å²) in [6.07, 6.45) is 0.817. The Morgan fingerprint density at radius 2 is 2.11 bits per heavy atom. The summed E-state index contributed by atoms with van der Waals surface area (Å²) >= 11 is 0. The van der Waals surface area contributed by atoms with Crippen molar-refractivity contribution in [3.8, 4) is 0 Å². The second kappa shape index (κ2) is 4.25. The zero-order valence-electron chi connectivity index (χ0n) is 9.28. The van der Waals surface area contributed by atoms with Gasteiger partial charge in [0.2, 0.25) is 5.91 Å². The first-order valence-electron chi connectivity index (χ1n) is 5.24. The third-order valence-corrected chi connectivity index (χ3v) is 2.96. The van der Waals surface area contributed by atoms with Gasteiger partial charge >= 0.3 is 0 Å². The number of benzene rings is 1. The molecule has 0 aromatic heterocycles. The molecule has 1 aliphatic rings. The monoisotopic (exact) mass is 255 g/mol. The standard InChI is InChI=1S/C11H11F2N3O2/c12-6-1-2-7(13)8(5-6)15-10(17)11(3-4-11)9(14)16-18/h1-2,5,18H,3-4H2,(H2,14,16)(H,15,17). The van der Waals surface area contributed by atoms with Crippen LogP contribution in [-0.4, -0.2) is 17.0 Å². The predicted molar refractivity (Wildman–Crippen MR) is 60.1 cm³/mol. The molecule has 0 bridgehead atoms. The van der Waals surface area contributed by atoms with Crippen LogP contribution in [0, 0.1) is 17.0 Å². The van der Waals surface area contributed by atoms with E-state index >= 15 is 0 Å². The number of amidine groups is 1. The molecule has 0 radical (unpaired) electrons. The topological polar surface area (TPSA) is 87.7 Å². The summed E-state index contributed by atoms with van der Waals surface area (Å²) in [5.41, 5.74) is 4.04. The minimum Gasteiger partial charge on any atom is -0.409 e. The number of nitrogens with two attached hydrogens (primary N) is 1. The molecule has 96 valence electrons. The van der Waals surface area contributed by atoms with Gasteiger partial charge in [0, 0.05) is 6.07 Å². The number of nitrogens with zero attached hydrogens (tertiary/aromatic N) is 1. The summed E-state index contributed by atoms with van der Waals surface area (Å²) in [5.74, 6) is -2.25. The quantitative estimate of drug-likeness (QED) is 0.330. The van der Waals surface area contributed by atoms with Crippen molar-refractivity contribution in [1.82, 2.24) is 0 Å². The summed E-state index contributed by atoms with van der Waals surface area (Å²) in [4.78, 5) is 11.9. The van der Waals surface area contributed by atoms with Gasteiger partial charge in [-0.15, -0.1) is 0 Å². The van der Waals surface area contributed by atoms with Crippen molar-refractivity contribution in [2.24, 2.45) is 16.3 Å². The van der Waals surface area contributed by atoms with E-state index in [0.717, 1.165) is 18.2 Å². The summed E-state index contributed by atoms with van der Waals surface area (Å²) < 4.78 is 26.3. The number of amides is 1.